The molecule has 0 fully saturated rings. The number of carbonyl (C=O) groups is 1. The Morgan fingerprint density at radius 2 is 1.07 bits per heavy atom. The largest absolute Gasteiger partial charge is 0.756 e. The van der Waals surface area contributed by atoms with Gasteiger partial charge in [-0.05, 0) is 64.2 Å². The van der Waals surface area contributed by atoms with Crippen molar-refractivity contribution >= 4 is 13.7 Å². The van der Waals surface area contributed by atoms with E-state index in [1.165, 1.54) is 109 Å². The monoisotopic (exact) mass is 835 g/mol. The van der Waals surface area contributed by atoms with Crippen LogP contribution in [0.4, 0.5) is 0 Å². The lowest BCUT2D eigenvalue weighted by Gasteiger charge is -2.29. The molecule has 2 N–H and O–H groups in total. The van der Waals surface area contributed by atoms with E-state index < -0.39 is 26.6 Å². The number of amides is 1. The van der Waals surface area contributed by atoms with Crippen LogP contribution in [0.25, 0.3) is 0 Å². The molecule has 0 spiro atoms. The second-order valence-corrected chi connectivity index (χ2v) is 18.5. The van der Waals surface area contributed by atoms with Gasteiger partial charge in [0.05, 0.1) is 39.9 Å². The first-order valence-electron chi connectivity index (χ1n) is 23.7. The number of likely N-dealkylation sites (N-methyl/N-ethyl adjacent to an activating group) is 1. The first-order valence-corrected chi connectivity index (χ1v) is 25.1. The molecule has 3 unspecified atom stereocenters. The zero-order valence-electron chi connectivity index (χ0n) is 38.2. The van der Waals surface area contributed by atoms with Crippen molar-refractivity contribution in [3.8, 4) is 0 Å². The summed E-state index contributed by atoms with van der Waals surface area (Å²) in [5.41, 5.74) is 0. The number of phosphoric acid groups is 1. The molecule has 0 bridgehead atoms. The van der Waals surface area contributed by atoms with Gasteiger partial charge in [0.2, 0.25) is 5.91 Å². The van der Waals surface area contributed by atoms with Crippen molar-refractivity contribution in [1.29, 1.82) is 0 Å². The van der Waals surface area contributed by atoms with Gasteiger partial charge >= 0.3 is 0 Å². The summed E-state index contributed by atoms with van der Waals surface area (Å²) in [4.78, 5) is 25.3. The molecule has 0 aromatic rings. The van der Waals surface area contributed by atoms with Crippen molar-refractivity contribution < 1.29 is 32.9 Å². The van der Waals surface area contributed by atoms with Crippen LogP contribution in [0.1, 0.15) is 194 Å². The van der Waals surface area contributed by atoms with Crippen LogP contribution in [0.2, 0.25) is 0 Å². The highest BCUT2D eigenvalue weighted by molar-refractivity contribution is 7.45. The molecule has 1 amide bonds. The van der Waals surface area contributed by atoms with E-state index in [2.05, 4.69) is 67.8 Å². The second-order valence-electron chi connectivity index (χ2n) is 17.1. The van der Waals surface area contributed by atoms with Crippen LogP contribution in [0.5, 0.6) is 0 Å². The van der Waals surface area contributed by atoms with Crippen LogP contribution >= 0.6 is 7.82 Å². The Kier molecular flexibility index (Phi) is 39.3. The second kappa shape index (κ2) is 40.6. The van der Waals surface area contributed by atoms with Gasteiger partial charge in [-0.1, -0.05) is 184 Å². The number of quaternary nitrogens is 1. The lowest BCUT2D eigenvalue weighted by molar-refractivity contribution is -0.870. The number of phosphoric ester groups is 1. The summed E-state index contributed by atoms with van der Waals surface area (Å²) in [7, 11) is 1.22. The molecular weight excluding hydrogens is 744 g/mol. The Hall–Kier alpha value is -1.80. The van der Waals surface area contributed by atoms with Crippen LogP contribution < -0.4 is 10.2 Å². The predicted octanol–water partition coefficient (Wildman–Crippen LogP) is 12.8. The van der Waals surface area contributed by atoms with Crippen LogP contribution in [-0.4, -0.2) is 68.5 Å². The Morgan fingerprint density at radius 1 is 0.621 bits per heavy atom. The maximum atomic E-state index is 12.8. The van der Waals surface area contributed by atoms with Crippen molar-refractivity contribution in [1.82, 2.24) is 5.32 Å². The lowest BCUT2D eigenvalue weighted by atomic mass is 10.0. The number of aliphatic hydroxyl groups excluding tert-OH is 1. The van der Waals surface area contributed by atoms with Gasteiger partial charge in [0, 0.05) is 6.42 Å². The Balaban J connectivity index is 4.40. The van der Waals surface area contributed by atoms with Crippen LogP contribution in [0, 0.1) is 0 Å². The van der Waals surface area contributed by atoms with Crippen LogP contribution in [0.15, 0.2) is 60.8 Å². The van der Waals surface area contributed by atoms with Crippen molar-refractivity contribution in [3.63, 3.8) is 0 Å². The average molecular weight is 835 g/mol. The number of aliphatic hydroxyl groups is 1. The molecule has 0 heterocycles. The number of allylic oxidation sites excluding steroid dienone is 9. The fourth-order valence-corrected chi connectivity index (χ4v) is 7.20. The summed E-state index contributed by atoms with van der Waals surface area (Å²) < 4.78 is 23.2. The molecule has 8 nitrogen and oxygen atoms in total. The minimum atomic E-state index is -4.61. The van der Waals surface area contributed by atoms with Crippen molar-refractivity contribution in [2.24, 2.45) is 0 Å². The quantitative estimate of drug-likeness (QED) is 0.0274. The molecule has 0 radical (unpaired) electrons. The molecule has 0 saturated heterocycles. The number of nitrogens with zero attached hydrogens (tertiary/aromatic N) is 1. The summed E-state index contributed by atoms with van der Waals surface area (Å²) >= 11 is 0. The van der Waals surface area contributed by atoms with E-state index in [9.17, 15) is 19.4 Å². The molecular formula is C49H91N2O6P. The van der Waals surface area contributed by atoms with Gasteiger partial charge in [-0.25, -0.2) is 0 Å². The highest BCUT2D eigenvalue weighted by Gasteiger charge is 2.23. The van der Waals surface area contributed by atoms with Gasteiger partial charge in [0.1, 0.15) is 13.2 Å². The van der Waals surface area contributed by atoms with E-state index in [1.807, 2.05) is 27.2 Å². The van der Waals surface area contributed by atoms with E-state index in [1.54, 1.807) is 6.08 Å². The van der Waals surface area contributed by atoms with Gasteiger partial charge in [0.25, 0.3) is 7.82 Å². The lowest BCUT2D eigenvalue weighted by Crippen LogP contribution is -2.45. The Labute approximate surface area is 358 Å². The van der Waals surface area contributed by atoms with E-state index in [4.69, 9.17) is 9.05 Å². The molecule has 0 aromatic heterocycles. The molecule has 0 aliphatic rings. The van der Waals surface area contributed by atoms with E-state index in [0.29, 0.717) is 23.9 Å². The maximum absolute atomic E-state index is 12.8. The van der Waals surface area contributed by atoms with Crippen LogP contribution in [0.3, 0.4) is 0 Å². The van der Waals surface area contributed by atoms with Gasteiger partial charge in [0.15, 0.2) is 0 Å². The first-order chi connectivity index (χ1) is 28.0. The normalized spacial score (nSPS) is 14.8. The number of nitrogens with one attached hydrogen (secondary N) is 1. The molecule has 0 aliphatic carbocycles. The molecule has 3 atom stereocenters. The van der Waals surface area contributed by atoms with Gasteiger partial charge in [-0.3, -0.25) is 9.36 Å². The summed E-state index contributed by atoms with van der Waals surface area (Å²) in [5, 5.41) is 13.7. The third kappa shape index (κ3) is 42.3. The highest BCUT2D eigenvalue weighted by Crippen LogP contribution is 2.38. The molecule has 0 rings (SSSR count). The fraction of sp³-hybridized carbons (Fsp3) is 0.776. The average Bonchev–Trinajstić information content (AvgIpc) is 3.17. The van der Waals surface area contributed by atoms with Gasteiger partial charge in [-0.15, -0.1) is 0 Å². The minimum absolute atomic E-state index is 0.0146. The Morgan fingerprint density at radius 3 is 1.60 bits per heavy atom. The zero-order valence-corrected chi connectivity index (χ0v) is 39.1. The van der Waals surface area contributed by atoms with E-state index >= 15 is 0 Å². The third-order valence-corrected chi connectivity index (χ3v) is 11.2. The minimum Gasteiger partial charge on any atom is -0.756 e. The third-order valence-electron chi connectivity index (χ3n) is 10.2. The van der Waals surface area contributed by atoms with Crippen molar-refractivity contribution in [2.45, 2.75) is 206 Å². The zero-order chi connectivity index (χ0) is 42.8. The van der Waals surface area contributed by atoms with Crippen molar-refractivity contribution in [2.75, 3.05) is 40.9 Å². The van der Waals surface area contributed by atoms with Crippen molar-refractivity contribution in [3.05, 3.63) is 60.8 Å². The summed E-state index contributed by atoms with van der Waals surface area (Å²) in [6, 6.07) is -0.920. The number of hydrogen-bond donors (Lipinski definition) is 2. The number of carbonyl (C=O) groups excluding carboxylic acids is 1. The van der Waals surface area contributed by atoms with Gasteiger partial charge in [-0.2, -0.15) is 0 Å². The summed E-state index contributed by atoms with van der Waals surface area (Å²) in [6.07, 6.45) is 52.9. The number of rotatable bonds is 42. The summed E-state index contributed by atoms with van der Waals surface area (Å²) in [6.45, 7) is 4.48. The fourth-order valence-electron chi connectivity index (χ4n) is 6.48. The molecule has 0 aliphatic heterocycles. The molecule has 338 valence electrons. The smallest absolute Gasteiger partial charge is 0.268 e. The molecule has 0 aromatic carbocycles. The SMILES string of the molecule is CC/C=C\C/C=C\C/C=C\CCCCCC(=O)NC(COP(=O)([O-])OCC[N+](C)(C)C)C(O)/C=C/CC/C=C/CCCCCCCCCCCCCCCCCCC. The first kappa shape index (κ1) is 56.2. The standard InChI is InChI=1S/C49H91N2O6P/c1-6-8-10-12-14-16-18-20-21-22-23-24-25-26-27-28-29-31-32-34-36-38-40-42-48(52)47(46-57-58(54,55)56-45-44-51(3,4)5)50-49(53)43-41-39-37-35-33-30-19-17-15-13-11-9-7-2/h9,11,15,17,30,32-34,40,42,47-48,52H,6-8,10,12-14,16,18-29,31,35-39,41,43-46H2,1-5H3,(H-,50,53,54,55)/b11-9-,17-15-,33-30-,34-32+,42-40+. The maximum Gasteiger partial charge on any atom is 0.268 e. The number of hydrogen-bond acceptors (Lipinski definition) is 6. The highest BCUT2D eigenvalue weighted by atomic mass is 31.2. The van der Waals surface area contributed by atoms with Gasteiger partial charge < -0.3 is 28.8 Å². The molecule has 9 heteroatoms. The topological polar surface area (TPSA) is 108 Å². The Bertz CT molecular complexity index is 1130. The van der Waals surface area contributed by atoms with Crippen LogP contribution in [-0.2, 0) is 18.4 Å². The molecule has 58 heavy (non-hydrogen) atoms. The predicted molar refractivity (Wildman–Crippen MR) is 247 cm³/mol. The summed E-state index contributed by atoms with van der Waals surface area (Å²) in [5.74, 6) is -0.238. The number of unbranched alkanes of at least 4 members (excludes halogenated alkanes) is 21. The molecule has 0 saturated carbocycles. The van der Waals surface area contributed by atoms with E-state index in [0.717, 1.165) is 57.8 Å². The van der Waals surface area contributed by atoms with E-state index in [-0.39, 0.29) is 12.5 Å².